The summed E-state index contributed by atoms with van der Waals surface area (Å²) in [6.45, 7) is 10.7. The molecule has 258 valence electrons. The van der Waals surface area contributed by atoms with Crippen molar-refractivity contribution >= 4 is 19.5 Å². The van der Waals surface area contributed by atoms with Gasteiger partial charge in [-0.25, -0.2) is 9.97 Å². The summed E-state index contributed by atoms with van der Waals surface area (Å²) in [7, 11) is 0.826. The molecule has 0 amide bonds. The number of hydrogen-bond acceptors (Lipinski definition) is 9. The molecule has 0 unspecified atom stereocenters. The normalized spacial score (nSPS) is 20.1. The molecule has 1 aliphatic heterocycles. The third-order valence-corrected chi connectivity index (χ3v) is 14.3. The standard InChI is InChI=1S/C37H44N4O7Si/c1-36(2,3)49(6,7)48-32-31(42)29(47-35(32)41-23-40-30-33(41)38-22-39-34(30)43)21-46-37(24-11-9-8-10-12-24,25-13-17-27(44-4)18-14-25)26-15-19-28(45-5)20-16-26/h8-20,22-23,29,31-32,35,42H,21H2,1-7H3,(H,38,39,43)/t29-,31-,32-,35-/m1/s1. The zero-order valence-corrected chi connectivity index (χ0v) is 29.9. The Morgan fingerprint density at radius 1 is 0.878 bits per heavy atom. The molecule has 2 N–H and O–H groups in total. The number of ether oxygens (including phenoxy) is 4. The summed E-state index contributed by atoms with van der Waals surface area (Å²) in [5, 5.41) is 11.9. The van der Waals surface area contributed by atoms with E-state index in [4.69, 9.17) is 23.4 Å². The van der Waals surface area contributed by atoms with Crippen LogP contribution in [0.3, 0.4) is 0 Å². The van der Waals surface area contributed by atoms with E-state index in [1.54, 1.807) is 18.8 Å². The molecule has 0 saturated carbocycles. The van der Waals surface area contributed by atoms with Gasteiger partial charge < -0.3 is 33.5 Å². The number of nitrogens with zero attached hydrogens (tertiary/aromatic N) is 3. The molecule has 6 rings (SSSR count). The summed E-state index contributed by atoms with van der Waals surface area (Å²) in [6.07, 6.45) is -0.682. The van der Waals surface area contributed by atoms with Gasteiger partial charge in [0.25, 0.3) is 5.56 Å². The van der Waals surface area contributed by atoms with Crippen molar-refractivity contribution in [2.24, 2.45) is 0 Å². The van der Waals surface area contributed by atoms with Crippen molar-refractivity contribution in [1.82, 2.24) is 19.5 Å². The van der Waals surface area contributed by atoms with Crippen LogP contribution in [-0.4, -0.2) is 72.1 Å². The number of aromatic nitrogens is 4. The number of benzene rings is 3. The van der Waals surface area contributed by atoms with Crippen molar-refractivity contribution in [2.75, 3.05) is 20.8 Å². The number of aromatic amines is 1. The van der Waals surface area contributed by atoms with Crippen molar-refractivity contribution in [3.63, 3.8) is 0 Å². The Balaban J connectivity index is 1.43. The van der Waals surface area contributed by atoms with E-state index in [-0.39, 0.29) is 22.7 Å². The van der Waals surface area contributed by atoms with Crippen LogP contribution in [0.2, 0.25) is 18.1 Å². The summed E-state index contributed by atoms with van der Waals surface area (Å²) in [6, 6.07) is 25.5. The molecule has 1 aliphatic rings. The van der Waals surface area contributed by atoms with Gasteiger partial charge in [-0.3, -0.25) is 9.36 Å². The second-order valence-corrected chi connectivity index (χ2v) is 18.5. The van der Waals surface area contributed by atoms with E-state index in [0.717, 1.165) is 16.7 Å². The lowest BCUT2D eigenvalue weighted by atomic mass is 9.80. The monoisotopic (exact) mass is 684 g/mol. The zero-order chi connectivity index (χ0) is 35.0. The number of hydrogen-bond donors (Lipinski definition) is 2. The number of nitrogens with one attached hydrogen (secondary N) is 1. The maximum atomic E-state index is 12.6. The fourth-order valence-electron chi connectivity index (χ4n) is 6.05. The SMILES string of the molecule is COc1ccc(C(OC[C@H]2O[C@@H](n3cnc4c(=O)[nH]cnc43)[C@H](O[Si](C)(C)C(C)(C)C)[C@@H]2O)(c2ccccc2)c2ccc(OC)cc2)cc1. The van der Waals surface area contributed by atoms with E-state index in [9.17, 15) is 9.90 Å². The average Bonchev–Trinajstić information content (AvgIpc) is 3.66. The first-order chi connectivity index (χ1) is 23.4. The van der Waals surface area contributed by atoms with Crippen LogP contribution in [0.1, 0.15) is 43.7 Å². The molecule has 0 aliphatic carbocycles. The fraction of sp³-hybridized carbons (Fsp3) is 0.378. The average molecular weight is 685 g/mol. The summed E-state index contributed by atoms with van der Waals surface area (Å²) >= 11 is 0. The molecule has 3 aromatic carbocycles. The van der Waals surface area contributed by atoms with Crippen molar-refractivity contribution in [2.45, 2.75) is 69.0 Å². The third-order valence-electron chi connectivity index (χ3n) is 9.83. The van der Waals surface area contributed by atoms with Gasteiger partial charge in [0.2, 0.25) is 0 Å². The smallest absolute Gasteiger partial charge is 0.278 e. The predicted octanol–water partition coefficient (Wildman–Crippen LogP) is 5.79. The van der Waals surface area contributed by atoms with Gasteiger partial charge >= 0.3 is 0 Å². The van der Waals surface area contributed by atoms with Crippen LogP contribution in [-0.2, 0) is 19.5 Å². The molecule has 11 nitrogen and oxygen atoms in total. The summed E-state index contributed by atoms with van der Waals surface area (Å²) in [4.78, 5) is 23.8. The molecule has 0 radical (unpaired) electrons. The molecule has 4 atom stereocenters. The van der Waals surface area contributed by atoms with E-state index in [1.807, 2.05) is 78.9 Å². The van der Waals surface area contributed by atoms with Crippen LogP contribution in [0.4, 0.5) is 0 Å². The first-order valence-electron chi connectivity index (χ1n) is 16.3. The lowest BCUT2D eigenvalue weighted by molar-refractivity contribution is -0.0940. The third kappa shape index (κ3) is 6.42. The van der Waals surface area contributed by atoms with Crippen LogP contribution in [0, 0.1) is 0 Å². The van der Waals surface area contributed by atoms with E-state index in [1.165, 1.54) is 12.7 Å². The van der Waals surface area contributed by atoms with Gasteiger partial charge in [-0.2, -0.15) is 0 Å². The van der Waals surface area contributed by atoms with Crippen LogP contribution in [0.5, 0.6) is 11.5 Å². The van der Waals surface area contributed by atoms with Crippen molar-refractivity contribution < 1.29 is 28.5 Å². The van der Waals surface area contributed by atoms with E-state index in [2.05, 4.69) is 48.8 Å². The quantitative estimate of drug-likeness (QED) is 0.131. The topological polar surface area (TPSA) is 130 Å². The molecule has 0 spiro atoms. The van der Waals surface area contributed by atoms with Gasteiger partial charge in [0.05, 0.1) is 33.5 Å². The number of H-pyrrole nitrogens is 1. The van der Waals surface area contributed by atoms with Crippen LogP contribution >= 0.6 is 0 Å². The Hall–Kier alpha value is -4.33. The molecule has 5 aromatic rings. The van der Waals surface area contributed by atoms with Crippen LogP contribution < -0.4 is 15.0 Å². The van der Waals surface area contributed by atoms with E-state index >= 15 is 0 Å². The van der Waals surface area contributed by atoms with Crippen LogP contribution in [0.15, 0.2) is 96.3 Å². The first kappa shape index (κ1) is 34.5. The second kappa shape index (κ2) is 13.5. The molecule has 12 heteroatoms. The maximum absolute atomic E-state index is 12.6. The highest BCUT2D eigenvalue weighted by Crippen LogP contribution is 2.45. The van der Waals surface area contributed by atoms with E-state index in [0.29, 0.717) is 17.1 Å². The molecule has 0 bridgehead atoms. The fourth-order valence-corrected chi connectivity index (χ4v) is 7.34. The minimum Gasteiger partial charge on any atom is -0.497 e. The van der Waals surface area contributed by atoms with Gasteiger partial charge in [0.1, 0.15) is 35.4 Å². The number of aliphatic hydroxyl groups excluding tert-OH is 1. The Morgan fingerprint density at radius 2 is 1.45 bits per heavy atom. The molecule has 2 aromatic heterocycles. The summed E-state index contributed by atoms with van der Waals surface area (Å²) in [5.74, 6) is 1.42. The maximum Gasteiger partial charge on any atom is 0.278 e. The highest BCUT2D eigenvalue weighted by Gasteiger charge is 2.52. The largest absolute Gasteiger partial charge is 0.497 e. The minimum absolute atomic E-state index is 0.0113. The molecule has 3 heterocycles. The van der Waals surface area contributed by atoms with E-state index < -0.39 is 38.5 Å². The molecule has 1 fully saturated rings. The Labute approximate surface area is 286 Å². The zero-order valence-electron chi connectivity index (χ0n) is 28.9. The van der Waals surface area contributed by atoms with Gasteiger partial charge in [-0.05, 0) is 59.1 Å². The highest BCUT2D eigenvalue weighted by atomic mass is 28.4. The van der Waals surface area contributed by atoms with Crippen molar-refractivity contribution in [3.05, 3.63) is 119 Å². The van der Waals surface area contributed by atoms with Crippen LogP contribution in [0.25, 0.3) is 11.2 Å². The van der Waals surface area contributed by atoms with Gasteiger partial charge in [0, 0.05) is 0 Å². The lowest BCUT2D eigenvalue weighted by Crippen LogP contribution is -2.49. The Bertz CT molecular complexity index is 1870. The van der Waals surface area contributed by atoms with Gasteiger partial charge in [0.15, 0.2) is 25.7 Å². The van der Waals surface area contributed by atoms with Gasteiger partial charge in [-0.1, -0.05) is 75.4 Å². The summed E-state index contributed by atoms with van der Waals surface area (Å²) < 4.78 is 33.3. The Kier molecular flexibility index (Phi) is 9.53. The molecule has 1 saturated heterocycles. The molecular formula is C37H44N4O7Si. The van der Waals surface area contributed by atoms with Crippen molar-refractivity contribution in [1.29, 1.82) is 0 Å². The number of rotatable bonds is 11. The molecular weight excluding hydrogens is 641 g/mol. The number of imidazole rings is 1. The predicted molar refractivity (Wildman–Crippen MR) is 188 cm³/mol. The Morgan fingerprint density at radius 3 is 2.00 bits per heavy atom. The minimum atomic E-state index is -2.44. The number of methoxy groups -OCH3 is 2. The highest BCUT2D eigenvalue weighted by molar-refractivity contribution is 6.74. The molecule has 49 heavy (non-hydrogen) atoms. The first-order valence-corrected chi connectivity index (χ1v) is 19.2. The lowest BCUT2D eigenvalue weighted by Gasteiger charge is -2.40. The summed E-state index contributed by atoms with van der Waals surface area (Å²) in [5.41, 5.74) is 1.62. The van der Waals surface area contributed by atoms with Crippen molar-refractivity contribution in [3.8, 4) is 11.5 Å². The second-order valence-electron chi connectivity index (χ2n) is 13.8. The van der Waals surface area contributed by atoms with Gasteiger partial charge in [-0.15, -0.1) is 0 Å². The number of aliphatic hydroxyl groups is 1. The number of fused-ring (bicyclic) bond motifs is 1.